The zero-order valence-corrected chi connectivity index (χ0v) is 14.8. The van der Waals surface area contributed by atoms with Crippen molar-refractivity contribution in [3.8, 4) is 0 Å². The summed E-state index contributed by atoms with van der Waals surface area (Å²) in [6.07, 6.45) is 1.39. The molecule has 0 radical (unpaired) electrons. The zero-order valence-electron chi connectivity index (χ0n) is 14.8. The molecule has 27 heavy (non-hydrogen) atoms. The predicted molar refractivity (Wildman–Crippen MR) is 99.2 cm³/mol. The average Bonchev–Trinajstić information content (AvgIpc) is 2.66. The number of oxime groups is 1. The Morgan fingerprint density at radius 1 is 1.26 bits per heavy atom. The van der Waals surface area contributed by atoms with E-state index in [2.05, 4.69) is 5.16 Å². The van der Waals surface area contributed by atoms with Gasteiger partial charge in [-0.2, -0.15) is 0 Å². The number of nitrogens with zero attached hydrogens (tertiary/aromatic N) is 2. The normalized spacial score (nSPS) is 11.8. The minimum Gasteiger partial charge on any atom is -0.500 e. The third kappa shape index (κ3) is 5.15. The van der Waals surface area contributed by atoms with Gasteiger partial charge in [0, 0.05) is 23.3 Å². The van der Waals surface area contributed by atoms with Crippen LogP contribution in [0.15, 0.2) is 59.4 Å². The van der Waals surface area contributed by atoms with Gasteiger partial charge in [-0.05, 0) is 12.5 Å². The summed E-state index contributed by atoms with van der Waals surface area (Å²) in [6, 6.07) is 12.8. The Balaban J connectivity index is 2.18. The number of carboxylic acids is 1. The van der Waals surface area contributed by atoms with Crippen molar-refractivity contribution in [2.75, 3.05) is 7.11 Å². The molecule has 0 unspecified atom stereocenters. The van der Waals surface area contributed by atoms with Crippen LogP contribution in [0.3, 0.4) is 0 Å². The van der Waals surface area contributed by atoms with E-state index in [1.165, 1.54) is 25.5 Å². The summed E-state index contributed by atoms with van der Waals surface area (Å²) in [5, 5.41) is 24.1. The number of benzene rings is 2. The number of hydrogen-bond donors (Lipinski definition) is 1. The summed E-state index contributed by atoms with van der Waals surface area (Å²) in [6.45, 7) is 1.61. The van der Waals surface area contributed by atoms with Gasteiger partial charge in [-0.25, -0.2) is 4.79 Å². The van der Waals surface area contributed by atoms with Gasteiger partial charge in [0.15, 0.2) is 0 Å². The van der Waals surface area contributed by atoms with Crippen LogP contribution in [0.25, 0.3) is 5.57 Å². The molecule has 0 amide bonds. The monoisotopic (exact) mass is 370 g/mol. The minimum atomic E-state index is -1.12. The molecule has 1 N–H and O–H groups in total. The van der Waals surface area contributed by atoms with Crippen molar-refractivity contribution in [2.45, 2.75) is 13.5 Å². The highest BCUT2D eigenvalue weighted by atomic mass is 16.6. The lowest BCUT2D eigenvalue weighted by Gasteiger charge is -2.10. The molecule has 2 aromatic rings. The fourth-order valence-corrected chi connectivity index (χ4v) is 2.36. The number of nitro groups is 1. The summed E-state index contributed by atoms with van der Waals surface area (Å²) >= 11 is 0. The first-order chi connectivity index (χ1) is 12.9. The largest absolute Gasteiger partial charge is 0.500 e. The first kappa shape index (κ1) is 19.6. The van der Waals surface area contributed by atoms with Gasteiger partial charge in [-0.15, -0.1) is 0 Å². The van der Waals surface area contributed by atoms with Gasteiger partial charge in [0.05, 0.1) is 18.2 Å². The Bertz CT molecular complexity index is 905. The maximum Gasteiger partial charge on any atom is 0.339 e. The summed E-state index contributed by atoms with van der Waals surface area (Å²) in [7, 11) is 1.40. The van der Waals surface area contributed by atoms with E-state index in [9.17, 15) is 20.0 Å². The molecule has 140 valence electrons. The first-order valence-corrected chi connectivity index (χ1v) is 7.90. The van der Waals surface area contributed by atoms with Crippen LogP contribution < -0.4 is 0 Å². The summed E-state index contributed by atoms with van der Waals surface area (Å²) in [5.41, 5.74) is 1.56. The Kier molecular flexibility index (Phi) is 6.65. The van der Waals surface area contributed by atoms with Crippen LogP contribution in [0.4, 0.5) is 5.69 Å². The molecule has 0 bridgehead atoms. The lowest BCUT2D eigenvalue weighted by atomic mass is 9.99. The predicted octanol–water partition coefficient (Wildman–Crippen LogP) is 3.61. The van der Waals surface area contributed by atoms with Crippen molar-refractivity contribution in [3.05, 3.63) is 81.1 Å². The molecule has 0 aliphatic heterocycles. The number of allylic oxidation sites excluding steroid dienone is 1. The quantitative estimate of drug-likeness (QED) is 0.250. The maximum absolute atomic E-state index is 11.6. The topological polar surface area (TPSA) is 111 Å². The van der Waals surface area contributed by atoms with Crippen molar-refractivity contribution in [1.82, 2.24) is 0 Å². The zero-order chi connectivity index (χ0) is 19.8. The highest BCUT2D eigenvalue weighted by Crippen LogP contribution is 2.22. The fourth-order valence-electron chi connectivity index (χ4n) is 2.36. The molecule has 8 nitrogen and oxygen atoms in total. The number of rotatable bonds is 8. The number of carbonyl (C=O) groups is 1. The molecule has 2 aromatic carbocycles. The van der Waals surface area contributed by atoms with Crippen LogP contribution in [-0.4, -0.2) is 29.3 Å². The lowest BCUT2D eigenvalue weighted by molar-refractivity contribution is -0.384. The van der Waals surface area contributed by atoms with Gasteiger partial charge in [0.25, 0.3) is 5.69 Å². The molecule has 0 heterocycles. The molecule has 0 fully saturated rings. The van der Waals surface area contributed by atoms with Crippen LogP contribution in [0.1, 0.15) is 23.6 Å². The van der Waals surface area contributed by atoms with Crippen molar-refractivity contribution >= 4 is 23.4 Å². The molecule has 0 aliphatic carbocycles. The smallest absolute Gasteiger partial charge is 0.339 e. The molecule has 0 aromatic heterocycles. The summed E-state index contributed by atoms with van der Waals surface area (Å²) < 4.78 is 5.07. The van der Waals surface area contributed by atoms with Gasteiger partial charge in [0.2, 0.25) is 0 Å². The highest BCUT2D eigenvalue weighted by Gasteiger charge is 2.17. The van der Waals surface area contributed by atoms with Gasteiger partial charge >= 0.3 is 5.97 Å². The van der Waals surface area contributed by atoms with Crippen molar-refractivity contribution < 1.29 is 24.4 Å². The van der Waals surface area contributed by atoms with Gasteiger partial charge in [-0.1, -0.05) is 41.6 Å². The Morgan fingerprint density at radius 2 is 2.00 bits per heavy atom. The van der Waals surface area contributed by atoms with E-state index in [1.54, 1.807) is 43.3 Å². The van der Waals surface area contributed by atoms with E-state index in [-0.39, 0.29) is 23.6 Å². The lowest BCUT2D eigenvalue weighted by Crippen LogP contribution is -2.06. The maximum atomic E-state index is 11.6. The van der Waals surface area contributed by atoms with E-state index >= 15 is 0 Å². The van der Waals surface area contributed by atoms with Crippen molar-refractivity contribution in [3.63, 3.8) is 0 Å². The van der Waals surface area contributed by atoms with Crippen LogP contribution in [-0.2, 0) is 21.0 Å². The SMILES string of the molecule is COC(C)=C(C(=O)O)c1ccccc1C=NOCc1cccc([N+](=O)[O-])c1. The highest BCUT2D eigenvalue weighted by molar-refractivity contribution is 6.18. The number of ether oxygens (including phenoxy) is 1. The first-order valence-electron chi connectivity index (χ1n) is 7.90. The van der Waals surface area contributed by atoms with Gasteiger partial charge in [0.1, 0.15) is 17.9 Å². The van der Waals surface area contributed by atoms with Crippen molar-refractivity contribution in [1.29, 1.82) is 0 Å². The van der Waals surface area contributed by atoms with Crippen LogP contribution >= 0.6 is 0 Å². The Hall–Kier alpha value is -3.68. The number of hydrogen-bond acceptors (Lipinski definition) is 6. The average molecular weight is 370 g/mol. The number of methoxy groups -OCH3 is 1. The van der Waals surface area contributed by atoms with Gasteiger partial charge < -0.3 is 14.7 Å². The molecule has 0 spiro atoms. The Morgan fingerprint density at radius 3 is 2.67 bits per heavy atom. The summed E-state index contributed by atoms with van der Waals surface area (Å²) in [5.74, 6) is -0.853. The van der Waals surface area contributed by atoms with Crippen LogP contribution in [0, 0.1) is 10.1 Å². The van der Waals surface area contributed by atoms with E-state index < -0.39 is 10.9 Å². The van der Waals surface area contributed by atoms with E-state index in [0.29, 0.717) is 16.7 Å². The molecule has 0 aliphatic rings. The van der Waals surface area contributed by atoms with Crippen LogP contribution in [0.2, 0.25) is 0 Å². The fraction of sp³-hybridized carbons (Fsp3) is 0.158. The number of carboxylic acid groups (broad SMARTS) is 1. The standard InChI is InChI=1S/C19H18N2O6/c1-13(26-2)18(19(22)23)17-9-4-3-7-15(17)11-20-27-12-14-6-5-8-16(10-14)21(24)25/h3-11H,12H2,1-2H3,(H,22,23). The van der Waals surface area contributed by atoms with Crippen molar-refractivity contribution in [2.24, 2.45) is 5.16 Å². The molecular formula is C19H18N2O6. The summed E-state index contributed by atoms with van der Waals surface area (Å²) in [4.78, 5) is 27.1. The van der Waals surface area contributed by atoms with Crippen LogP contribution in [0.5, 0.6) is 0 Å². The number of nitro benzene ring substituents is 1. The molecule has 2 rings (SSSR count). The second-order valence-corrected chi connectivity index (χ2v) is 5.46. The minimum absolute atomic E-state index is 0.0261. The van der Waals surface area contributed by atoms with E-state index in [4.69, 9.17) is 9.57 Å². The molecule has 0 atom stereocenters. The Labute approximate surface area is 155 Å². The molecule has 0 saturated carbocycles. The molecular weight excluding hydrogens is 352 g/mol. The second kappa shape index (κ2) is 9.14. The second-order valence-electron chi connectivity index (χ2n) is 5.46. The third-order valence-corrected chi connectivity index (χ3v) is 3.72. The van der Waals surface area contributed by atoms with E-state index in [0.717, 1.165) is 0 Å². The third-order valence-electron chi connectivity index (χ3n) is 3.72. The van der Waals surface area contributed by atoms with Gasteiger partial charge in [-0.3, -0.25) is 10.1 Å². The number of aliphatic carboxylic acids is 1. The van der Waals surface area contributed by atoms with E-state index in [1.807, 2.05) is 0 Å². The number of non-ortho nitro benzene ring substituents is 1. The molecule has 0 saturated heterocycles. The molecule has 8 heteroatoms.